The Hall–Kier alpha value is -2.30. The summed E-state index contributed by atoms with van der Waals surface area (Å²) in [6.45, 7) is 2.35. The van der Waals surface area contributed by atoms with Gasteiger partial charge in [-0.1, -0.05) is 60.7 Å². The van der Waals surface area contributed by atoms with E-state index in [1.807, 2.05) is 60.7 Å². The first-order chi connectivity index (χ1) is 11.2. The topological polar surface area (TPSA) is 52.6 Å². The molecule has 4 heteroatoms. The van der Waals surface area contributed by atoms with E-state index in [1.54, 1.807) is 6.92 Å². The van der Waals surface area contributed by atoms with E-state index < -0.39 is 18.0 Å². The van der Waals surface area contributed by atoms with Gasteiger partial charge in [0.05, 0.1) is 19.3 Å². The molecule has 0 aromatic heterocycles. The van der Waals surface area contributed by atoms with Crippen molar-refractivity contribution >= 4 is 12.1 Å². The number of hydrogen-bond acceptors (Lipinski definition) is 4. The molecule has 0 radical (unpaired) electrons. The molecule has 2 aromatic rings. The lowest BCUT2D eigenvalue weighted by molar-refractivity contribution is -0.148. The van der Waals surface area contributed by atoms with Crippen molar-refractivity contribution < 1.29 is 19.1 Å². The third kappa shape index (κ3) is 5.43. The van der Waals surface area contributed by atoms with Crippen LogP contribution in [0.25, 0.3) is 0 Å². The third-order valence-corrected chi connectivity index (χ3v) is 3.45. The van der Waals surface area contributed by atoms with Crippen molar-refractivity contribution in [3.63, 3.8) is 0 Å². The second kappa shape index (κ2) is 8.98. The van der Waals surface area contributed by atoms with E-state index in [9.17, 15) is 9.59 Å². The fourth-order valence-electron chi connectivity index (χ4n) is 2.17. The van der Waals surface area contributed by atoms with Crippen molar-refractivity contribution in [1.82, 2.24) is 0 Å². The molecule has 120 valence electrons. The average Bonchev–Trinajstić information content (AvgIpc) is 2.61. The highest BCUT2D eigenvalue weighted by molar-refractivity contribution is 6.27. The monoisotopic (exact) mass is 312 g/mol. The maximum absolute atomic E-state index is 11.8. The lowest BCUT2D eigenvalue weighted by Gasteiger charge is -2.22. The summed E-state index contributed by atoms with van der Waals surface area (Å²) >= 11 is 0. The summed E-state index contributed by atoms with van der Waals surface area (Å²) in [5.41, 5.74) is 1.94. The fourth-order valence-corrected chi connectivity index (χ4v) is 2.17. The molecule has 0 N–H and O–H groups in total. The van der Waals surface area contributed by atoms with Gasteiger partial charge in [-0.05, 0) is 18.1 Å². The molecule has 0 spiro atoms. The van der Waals surface area contributed by atoms with Gasteiger partial charge in [-0.3, -0.25) is 9.59 Å². The van der Waals surface area contributed by atoms with Crippen LogP contribution < -0.4 is 0 Å². The lowest BCUT2D eigenvalue weighted by atomic mass is 10.1. The van der Waals surface area contributed by atoms with Crippen molar-refractivity contribution in [3.8, 4) is 0 Å². The molecule has 0 aliphatic heterocycles. The van der Waals surface area contributed by atoms with Gasteiger partial charge in [-0.2, -0.15) is 0 Å². The summed E-state index contributed by atoms with van der Waals surface area (Å²) in [6.07, 6.45) is -1.13. The van der Waals surface area contributed by atoms with Crippen LogP contribution in [-0.4, -0.2) is 24.3 Å². The Bertz CT molecular complexity index is 610. The zero-order chi connectivity index (χ0) is 16.5. The maximum Gasteiger partial charge on any atom is 0.226 e. The highest BCUT2D eigenvalue weighted by Gasteiger charge is 2.26. The number of hydrogen-bond donors (Lipinski definition) is 0. The van der Waals surface area contributed by atoms with E-state index in [1.165, 1.54) is 0 Å². The van der Waals surface area contributed by atoms with Crippen molar-refractivity contribution in [2.45, 2.75) is 32.3 Å². The number of Topliss-reactive ketones (excluding diaryl/α,β-unsaturated/α-hetero) is 1. The molecule has 0 aliphatic carbocycles. The van der Waals surface area contributed by atoms with Gasteiger partial charge < -0.3 is 9.47 Å². The number of benzene rings is 2. The summed E-state index contributed by atoms with van der Waals surface area (Å²) in [6, 6.07) is 19.1. The highest BCUT2D eigenvalue weighted by atomic mass is 16.5. The molecule has 2 rings (SSSR count). The van der Waals surface area contributed by atoms with Gasteiger partial charge in [0.15, 0.2) is 6.29 Å². The Kier molecular flexibility index (Phi) is 6.66. The molecule has 0 heterocycles. The molecule has 0 aliphatic rings. The molecular formula is C19H20O4. The van der Waals surface area contributed by atoms with Crippen molar-refractivity contribution in [2.24, 2.45) is 0 Å². The lowest BCUT2D eigenvalue weighted by Crippen LogP contribution is -2.37. The largest absolute Gasteiger partial charge is 0.371 e. The van der Waals surface area contributed by atoms with E-state index in [-0.39, 0.29) is 12.9 Å². The molecule has 0 fully saturated rings. The molecule has 0 bridgehead atoms. The van der Waals surface area contributed by atoms with Crippen LogP contribution in [-0.2, 0) is 32.3 Å². The van der Waals surface area contributed by atoms with E-state index in [0.29, 0.717) is 6.61 Å². The highest BCUT2D eigenvalue weighted by Crippen LogP contribution is 2.12. The minimum atomic E-state index is -0.906. The first-order valence-electron chi connectivity index (χ1n) is 7.51. The number of carbonyl (C=O) groups is 2. The van der Waals surface area contributed by atoms with Crippen LogP contribution in [0.1, 0.15) is 18.1 Å². The molecule has 4 nitrogen and oxygen atoms in total. The van der Waals surface area contributed by atoms with Gasteiger partial charge >= 0.3 is 0 Å². The van der Waals surface area contributed by atoms with Gasteiger partial charge in [-0.15, -0.1) is 0 Å². The van der Waals surface area contributed by atoms with Crippen LogP contribution in [0.2, 0.25) is 0 Å². The van der Waals surface area contributed by atoms with Crippen LogP contribution in [0.15, 0.2) is 60.7 Å². The molecule has 0 saturated carbocycles. The summed E-state index contributed by atoms with van der Waals surface area (Å²) in [5, 5.41) is 0. The van der Waals surface area contributed by atoms with Crippen LogP contribution in [0.5, 0.6) is 0 Å². The molecular weight excluding hydrogens is 292 g/mol. The second-order valence-corrected chi connectivity index (χ2v) is 5.24. The summed E-state index contributed by atoms with van der Waals surface area (Å²) in [7, 11) is 0. The second-order valence-electron chi connectivity index (χ2n) is 5.24. The maximum atomic E-state index is 11.8. The number of rotatable bonds is 9. The zero-order valence-corrected chi connectivity index (χ0v) is 13.1. The van der Waals surface area contributed by atoms with Crippen LogP contribution in [0.3, 0.4) is 0 Å². The normalized spacial score (nSPS) is 13.3. The zero-order valence-electron chi connectivity index (χ0n) is 13.1. The van der Waals surface area contributed by atoms with Gasteiger partial charge in [0.1, 0.15) is 6.10 Å². The van der Waals surface area contributed by atoms with Crippen LogP contribution in [0.4, 0.5) is 0 Å². The average molecular weight is 312 g/mol. The quantitative estimate of drug-likeness (QED) is 0.528. The Morgan fingerprint density at radius 3 is 1.87 bits per heavy atom. The van der Waals surface area contributed by atoms with Crippen molar-refractivity contribution in [3.05, 3.63) is 71.8 Å². The number of aldehydes is 1. The Morgan fingerprint density at radius 1 is 0.913 bits per heavy atom. The first kappa shape index (κ1) is 17.1. The summed E-state index contributed by atoms with van der Waals surface area (Å²) in [5.74, 6) is -0.610. The summed E-state index contributed by atoms with van der Waals surface area (Å²) < 4.78 is 11.3. The Balaban J connectivity index is 1.94. The third-order valence-electron chi connectivity index (χ3n) is 3.45. The van der Waals surface area contributed by atoms with Gasteiger partial charge in [0, 0.05) is 0 Å². The minimum absolute atomic E-state index is 0.254. The molecule has 0 saturated heterocycles. The molecule has 2 unspecified atom stereocenters. The van der Waals surface area contributed by atoms with Gasteiger partial charge in [0.25, 0.3) is 0 Å². The molecule has 2 atom stereocenters. The van der Waals surface area contributed by atoms with Crippen molar-refractivity contribution in [1.29, 1.82) is 0 Å². The number of ether oxygens (including phenoxy) is 2. The molecule has 0 amide bonds. The number of carbonyl (C=O) groups excluding carboxylic acids is 2. The van der Waals surface area contributed by atoms with E-state index >= 15 is 0 Å². The summed E-state index contributed by atoms with van der Waals surface area (Å²) in [4.78, 5) is 22.7. The predicted octanol–water partition coefficient (Wildman–Crippen LogP) is 2.95. The predicted molar refractivity (Wildman–Crippen MR) is 86.8 cm³/mol. The number of ketones is 1. The van der Waals surface area contributed by atoms with Crippen LogP contribution in [0, 0.1) is 0 Å². The van der Waals surface area contributed by atoms with Crippen LogP contribution >= 0.6 is 0 Å². The van der Waals surface area contributed by atoms with E-state index in [4.69, 9.17) is 9.47 Å². The van der Waals surface area contributed by atoms with E-state index in [2.05, 4.69) is 0 Å². The Labute approximate surface area is 136 Å². The van der Waals surface area contributed by atoms with E-state index in [0.717, 1.165) is 11.1 Å². The van der Waals surface area contributed by atoms with Gasteiger partial charge in [0.2, 0.25) is 5.78 Å². The molecule has 2 aromatic carbocycles. The Morgan fingerprint density at radius 2 is 1.39 bits per heavy atom. The fraction of sp³-hybridized carbons (Fsp3) is 0.263. The SMILES string of the molecule is CC(OCc1ccccc1)C(OCc1ccccc1)C(=O)C=O. The molecule has 23 heavy (non-hydrogen) atoms. The van der Waals surface area contributed by atoms with Gasteiger partial charge in [-0.25, -0.2) is 0 Å². The first-order valence-corrected chi connectivity index (χ1v) is 7.51. The van der Waals surface area contributed by atoms with Crippen molar-refractivity contribution in [2.75, 3.05) is 0 Å². The standard InChI is InChI=1S/C19H20O4/c1-15(22-13-16-8-4-2-5-9-16)19(18(21)12-20)23-14-17-10-6-3-7-11-17/h2-12,15,19H,13-14H2,1H3. The minimum Gasteiger partial charge on any atom is -0.371 e. The smallest absolute Gasteiger partial charge is 0.226 e.